The van der Waals surface area contributed by atoms with Gasteiger partial charge in [0.05, 0.1) is 6.54 Å². The molecule has 0 spiro atoms. The quantitative estimate of drug-likeness (QED) is 0.424. The van der Waals surface area contributed by atoms with Crippen molar-refractivity contribution in [3.63, 3.8) is 0 Å². The summed E-state index contributed by atoms with van der Waals surface area (Å²) in [4.78, 5) is 40.0. The Balaban J connectivity index is 1.54. The van der Waals surface area contributed by atoms with Crippen LogP contribution in [0.4, 0.5) is 10.5 Å². The predicted molar refractivity (Wildman–Crippen MR) is 139 cm³/mol. The Hall–Kier alpha value is -3.84. The van der Waals surface area contributed by atoms with E-state index < -0.39 is 18.2 Å². The van der Waals surface area contributed by atoms with Gasteiger partial charge in [-0.2, -0.15) is 0 Å². The molecule has 0 aromatic heterocycles. The summed E-state index contributed by atoms with van der Waals surface area (Å²) < 4.78 is 5.70. The van der Waals surface area contributed by atoms with Crippen molar-refractivity contribution in [2.45, 2.75) is 39.0 Å². The molecule has 3 aromatic carbocycles. The zero-order chi connectivity index (χ0) is 25.7. The maximum absolute atomic E-state index is 13.1. The predicted octanol–water partition coefficient (Wildman–Crippen LogP) is 5.49. The number of aryl methyl sites for hydroxylation is 1. The molecule has 1 aliphatic heterocycles. The molecule has 4 rings (SSSR count). The van der Waals surface area contributed by atoms with E-state index in [9.17, 15) is 14.4 Å². The smallest absolute Gasteiger partial charge is 0.411 e. The van der Waals surface area contributed by atoms with Crippen LogP contribution in [0.3, 0.4) is 0 Å². The standard InChI is InChI=1S/C28H28ClN3O4/c1-3-15-30-27(34)24-25(36-28(35)32(24)17-19-9-7-18(2)8-10-19)20-11-13-23(14-12-20)31-26(33)21-5-4-6-22(29)16-21/h4-14,16,24-25H,3,15,17H2,1-2H3,(H,30,34)(H,31,33). The minimum absolute atomic E-state index is 0.258. The summed E-state index contributed by atoms with van der Waals surface area (Å²) >= 11 is 5.98. The lowest BCUT2D eigenvalue weighted by Gasteiger charge is -2.24. The van der Waals surface area contributed by atoms with Gasteiger partial charge in [0.15, 0.2) is 12.1 Å². The molecule has 3 amide bonds. The minimum atomic E-state index is -0.822. The van der Waals surface area contributed by atoms with Crippen LogP contribution < -0.4 is 10.6 Å². The fraction of sp³-hybridized carbons (Fsp3) is 0.250. The first-order valence-corrected chi connectivity index (χ1v) is 12.2. The van der Waals surface area contributed by atoms with Gasteiger partial charge in [-0.3, -0.25) is 14.5 Å². The fourth-order valence-electron chi connectivity index (χ4n) is 4.04. The SMILES string of the molecule is CCCNC(=O)C1C(c2ccc(NC(=O)c3cccc(Cl)c3)cc2)OC(=O)N1Cc1ccc(C)cc1. The zero-order valence-corrected chi connectivity index (χ0v) is 20.9. The molecule has 7 nitrogen and oxygen atoms in total. The second kappa shape index (κ2) is 11.3. The third-order valence-corrected chi connectivity index (χ3v) is 6.20. The number of amides is 3. The Bertz CT molecular complexity index is 1240. The maximum Gasteiger partial charge on any atom is 0.411 e. The Morgan fingerprint density at radius 3 is 2.42 bits per heavy atom. The number of hydrogen-bond acceptors (Lipinski definition) is 4. The lowest BCUT2D eigenvalue weighted by molar-refractivity contribution is -0.126. The highest BCUT2D eigenvalue weighted by atomic mass is 35.5. The van der Waals surface area contributed by atoms with Crippen molar-refractivity contribution in [2.24, 2.45) is 0 Å². The molecule has 0 bridgehead atoms. The van der Waals surface area contributed by atoms with Gasteiger partial charge >= 0.3 is 6.09 Å². The maximum atomic E-state index is 13.1. The van der Waals surface area contributed by atoms with Crippen LogP contribution in [-0.4, -0.2) is 35.4 Å². The van der Waals surface area contributed by atoms with Gasteiger partial charge in [0, 0.05) is 22.8 Å². The molecule has 2 atom stereocenters. The highest BCUT2D eigenvalue weighted by Gasteiger charge is 2.46. The van der Waals surface area contributed by atoms with Crippen molar-refractivity contribution < 1.29 is 19.1 Å². The molecule has 1 aliphatic rings. The number of benzene rings is 3. The molecule has 2 N–H and O–H groups in total. The molecule has 2 unspecified atom stereocenters. The van der Waals surface area contributed by atoms with Crippen LogP contribution in [0.2, 0.25) is 5.02 Å². The van der Waals surface area contributed by atoms with Crippen molar-refractivity contribution in [1.82, 2.24) is 10.2 Å². The van der Waals surface area contributed by atoms with Gasteiger partial charge in [-0.25, -0.2) is 4.79 Å². The molecule has 8 heteroatoms. The fourth-order valence-corrected chi connectivity index (χ4v) is 4.23. The van der Waals surface area contributed by atoms with Crippen molar-refractivity contribution in [1.29, 1.82) is 0 Å². The van der Waals surface area contributed by atoms with E-state index in [1.807, 2.05) is 38.1 Å². The number of nitrogens with one attached hydrogen (secondary N) is 2. The van der Waals surface area contributed by atoms with E-state index in [0.29, 0.717) is 28.4 Å². The number of rotatable bonds is 8. The molecule has 0 saturated carbocycles. The van der Waals surface area contributed by atoms with Gasteiger partial charge in [0.2, 0.25) is 5.91 Å². The molecule has 36 heavy (non-hydrogen) atoms. The van der Waals surface area contributed by atoms with Crippen LogP contribution in [0, 0.1) is 6.92 Å². The van der Waals surface area contributed by atoms with Crippen LogP contribution in [0.5, 0.6) is 0 Å². The second-order valence-electron chi connectivity index (χ2n) is 8.74. The average Bonchev–Trinajstić information content (AvgIpc) is 3.20. The largest absolute Gasteiger partial charge is 0.438 e. The summed E-state index contributed by atoms with van der Waals surface area (Å²) in [7, 11) is 0. The van der Waals surface area contributed by atoms with Crippen LogP contribution in [0.15, 0.2) is 72.8 Å². The number of carbonyl (C=O) groups is 3. The van der Waals surface area contributed by atoms with Gasteiger partial charge in [-0.15, -0.1) is 0 Å². The van der Waals surface area contributed by atoms with Crippen molar-refractivity contribution in [3.05, 3.63) is 100 Å². The Morgan fingerprint density at radius 1 is 1.03 bits per heavy atom. The van der Waals surface area contributed by atoms with Gasteiger partial charge in [0.25, 0.3) is 5.91 Å². The van der Waals surface area contributed by atoms with E-state index >= 15 is 0 Å². The highest BCUT2D eigenvalue weighted by molar-refractivity contribution is 6.31. The molecule has 0 aliphatic carbocycles. The molecule has 0 radical (unpaired) electrons. The van der Waals surface area contributed by atoms with E-state index in [0.717, 1.165) is 17.5 Å². The monoisotopic (exact) mass is 505 g/mol. The summed E-state index contributed by atoms with van der Waals surface area (Å²) in [6, 6.07) is 20.6. The number of ether oxygens (including phenoxy) is 1. The van der Waals surface area contributed by atoms with Crippen LogP contribution in [0.25, 0.3) is 0 Å². The second-order valence-corrected chi connectivity index (χ2v) is 9.18. The van der Waals surface area contributed by atoms with E-state index in [2.05, 4.69) is 10.6 Å². The first-order chi connectivity index (χ1) is 17.4. The van der Waals surface area contributed by atoms with E-state index in [1.165, 1.54) is 4.90 Å². The highest BCUT2D eigenvalue weighted by Crippen LogP contribution is 2.34. The van der Waals surface area contributed by atoms with Crippen molar-refractivity contribution >= 4 is 35.2 Å². The normalized spacial score (nSPS) is 17.0. The van der Waals surface area contributed by atoms with Crippen LogP contribution in [-0.2, 0) is 16.1 Å². The number of halogens is 1. The number of anilines is 1. The minimum Gasteiger partial charge on any atom is -0.438 e. The molecule has 1 fully saturated rings. The Morgan fingerprint density at radius 2 is 1.75 bits per heavy atom. The first kappa shape index (κ1) is 25.3. The van der Waals surface area contributed by atoms with Crippen LogP contribution in [0.1, 0.15) is 46.5 Å². The third-order valence-electron chi connectivity index (χ3n) is 5.96. The van der Waals surface area contributed by atoms with Gasteiger partial charge in [0.1, 0.15) is 0 Å². The van der Waals surface area contributed by atoms with Crippen molar-refractivity contribution in [2.75, 3.05) is 11.9 Å². The molecular weight excluding hydrogens is 478 g/mol. The van der Waals surface area contributed by atoms with E-state index in [4.69, 9.17) is 16.3 Å². The lowest BCUT2D eigenvalue weighted by Crippen LogP contribution is -2.46. The van der Waals surface area contributed by atoms with E-state index in [1.54, 1.807) is 48.5 Å². The number of cyclic esters (lactones) is 1. The van der Waals surface area contributed by atoms with Crippen molar-refractivity contribution in [3.8, 4) is 0 Å². The van der Waals surface area contributed by atoms with Crippen LogP contribution >= 0.6 is 11.6 Å². The zero-order valence-electron chi connectivity index (χ0n) is 20.2. The summed E-state index contributed by atoms with van der Waals surface area (Å²) in [5, 5.41) is 6.20. The number of hydrogen-bond donors (Lipinski definition) is 2. The summed E-state index contributed by atoms with van der Waals surface area (Å²) in [6.07, 6.45) is -0.551. The topological polar surface area (TPSA) is 87.7 Å². The number of carbonyl (C=O) groups excluding carboxylic acids is 3. The molecule has 1 saturated heterocycles. The number of nitrogens with zero attached hydrogens (tertiary/aromatic N) is 1. The molecular formula is C28H28ClN3O4. The molecule has 3 aromatic rings. The molecule has 186 valence electrons. The van der Waals surface area contributed by atoms with Gasteiger partial charge < -0.3 is 15.4 Å². The lowest BCUT2D eigenvalue weighted by atomic mass is 10.00. The van der Waals surface area contributed by atoms with Gasteiger partial charge in [-0.1, -0.05) is 66.6 Å². The molecule has 1 heterocycles. The Labute approximate surface area is 215 Å². The third kappa shape index (κ3) is 5.86. The Kier molecular flexibility index (Phi) is 7.90. The average molecular weight is 506 g/mol. The summed E-state index contributed by atoms with van der Waals surface area (Å²) in [6.45, 7) is 4.72. The summed E-state index contributed by atoms with van der Waals surface area (Å²) in [5.74, 6) is -0.559. The first-order valence-electron chi connectivity index (χ1n) is 11.8. The van der Waals surface area contributed by atoms with Gasteiger partial charge in [-0.05, 0) is 54.8 Å². The van der Waals surface area contributed by atoms with E-state index in [-0.39, 0.29) is 18.4 Å². The summed E-state index contributed by atoms with van der Waals surface area (Å²) in [5.41, 5.74) is 3.69.